The summed E-state index contributed by atoms with van der Waals surface area (Å²) in [6, 6.07) is 12.1. The number of nitrogens with zero attached hydrogens (tertiary/aromatic N) is 1. The Balaban J connectivity index is 1.76. The highest BCUT2D eigenvalue weighted by molar-refractivity contribution is 6.02. The first-order valence-electron chi connectivity index (χ1n) is 6.81. The van der Waals surface area contributed by atoms with E-state index in [1.165, 1.54) is 18.5 Å². The Kier molecular flexibility index (Phi) is 3.92. The third-order valence-corrected chi connectivity index (χ3v) is 3.24. The summed E-state index contributed by atoms with van der Waals surface area (Å²) < 4.78 is 5.09. The number of H-pyrrole nitrogens is 1. The molecule has 116 valence electrons. The number of carboxylic acid groups (broad SMARTS) is 1. The maximum absolute atomic E-state index is 11.9. The molecule has 7 nitrogen and oxygen atoms in total. The van der Waals surface area contributed by atoms with E-state index in [0.717, 1.165) is 5.56 Å². The number of anilines is 1. The minimum Gasteiger partial charge on any atom is -0.478 e. The molecule has 0 saturated carbocycles. The second-order valence-corrected chi connectivity index (χ2v) is 4.81. The van der Waals surface area contributed by atoms with Gasteiger partial charge in [-0.2, -0.15) is 0 Å². The number of carboxylic acids is 1. The zero-order chi connectivity index (χ0) is 16.2. The molecule has 0 saturated heterocycles. The Morgan fingerprint density at radius 3 is 2.74 bits per heavy atom. The predicted octanol–water partition coefficient (Wildman–Crippen LogP) is 3.01. The highest BCUT2D eigenvalue weighted by Gasteiger charge is 2.15. The van der Waals surface area contributed by atoms with Gasteiger partial charge in [-0.3, -0.25) is 5.32 Å². The molecule has 1 heterocycles. The molecule has 2 aromatic carbocycles. The summed E-state index contributed by atoms with van der Waals surface area (Å²) in [5.41, 5.74) is 2.05. The second kappa shape index (κ2) is 6.18. The standard InChI is InChI=1S/C16H13N3O4/c20-15(21)11-6-13-14(18-9-17-13)7-12(11)19-16(22)23-8-10-4-2-1-3-5-10/h1-7,9H,8H2,(H,17,18)(H,19,22)(H,20,21). The number of amides is 1. The van der Waals surface area contributed by atoms with Gasteiger partial charge in [0, 0.05) is 0 Å². The van der Waals surface area contributed by atoms with E-state index in [4.69, 9.17) is 4.74 Å². The van der Waals surface area contributed by atoms with Crippen LogP contribution in [0.2, 0.25) is 0 Å². The third-order valence-electron chi connectivity index (χ3n) is 3.24. The number of aromatic amines is 1. The summed E-state index contributed by atoms with van der Waals surface area (Å²) in [6.07, 6.45) is 0.722. The van der Waals surface area contributed by atoms with Gasteiger partial charge in [-0.15, -0.1) is 0 Å². The molecule has 0 radical (unpaired) electrons. The molecule has 1 amide bonds. The summed E-state index contributed by atoms with van der Waals surface area (Å²) in [7, 11) is 0. The van der Waals surface area contributed by atoms with Gasteiger partial charge in [0.15, 0.2) is 0 Å². The van der Waals surface area contributed by atoms with E-state index < -0.39 is 12.1 Å². The minimum absolute atomic E-state index is 0.0431. The molecule has 0 atom stereocenters. The molecule has 0 aliphatic heterocycles. The average Bonchev–Trinajstić information content (AvgIpc) is 3.00. The van der Waals surface area contributed by atoms with Gasteiger partial charge < -0.3 is 14.8 Å². The number of rotatable bonds is 4. The van der Waals surface area contributed by atoms with E-state index in [1.54, 1.807) is 0 Å². The number of aromatic carboxylic acids is 1. The van der Waals surface area contributed by atoms with Crippen LogP contribution in [0.15, 0.2) is 48.8 Å². The fourth-order valence-corrected chi connectivity index (χ4v) is 2.13. The van der Waals surface area contributed by atoms with E-state index in [0.29, 0.717) is 11.0 Å². The monoisotopic (exact) mass is 311 g/mol. The molecule has 0 spiro atoms. The van der Waals surface area contributed by atoms with Crippen molar-refractivity contribution in [2.75, 3.05) is 5.32 Å². The number of nitrogens with one attached hydrogen (secondary N) is 2. The number of fused-ring (bicyclic) bond motifs is 1. The normalized spacial score (nSPS) is 10.4. The first kappa shape index (κ1) is 14.6. The van der Waals surface area contributed by atoms with Crippen molar-refractivity contribution in [3.05, 3.63) is 59.9 Å². The second-order valence-electron chi connectivity index (χ2n) is 4.81. The summed E-state index contributed by atoms with van der Waals surface area (Å²) >= 11 is 0. The average molecular weight is 311 g/mol. The molecule has 0 unspecified atom stereocenters. The Hall–Kier alpha value is -3.35. The lowest BCUT2D eigenvalue weighted by Crippen LogP contribution is -2.16. The number of benzene rings is 2. The molecule has 1 aromatic heterocycles. The molecule has 0 aliphatic carbocycles. The van der Waals surface area contributed by atoms with Crippen LogP contribution in [-0.4, -0.2) is 27.1 Å². The number of carbonyl (C=O) groups is 2. The van der Waals surface area contributed by atoms with Gasteiger partial charge >= 0.3 is 12.1 Å². The molecule has 3 aromatic rings. The first-order valence-corrected chi connectivity index (χ1v) is 6.81. The van der Waals surface area contributed by atoms with Crippen LogP contribution in [-0.2, 0) is 11.3 Å². The lowest BCUT2D eigenvalue weighted by Gasteiger charge is -2.09. The zero-order valence-electron chi connectivity index (χ0n) is 11.9. The molecule has 7 heteroatoms. The van der Waals surface area contributed by atoms with Crippen molar-refractivity contribution in [2.45, 2.75) is 6.61 Å². The quantitative estimate of drug-likeness (QED) is 0.687. The topological polar surface area (TPSA) is 104 Å². The number of carbonyl (C=O) groups excluding carboxylic acids is 1. The van der Waals surface area contributed by atoms with Gasteiger partial charge in [-0.1, -0.05) is 30.3 Å². The van der Waals surface area contributed by atoms with E-state index in [-0.39, 0.29) is 17.9 Å². The van der Waals surface area contributed by atoms with Crippen LogP contribution in [0.5, 0.6) is 0 Å². The molecule has 0 bridgehead atoms. The van der Waals surface area contributed by atoms with Crippen LogP contribution in [0.3, 0.4) is 0 Å². The van der Waals surface area contributed by atoms with Crippen LogP contribution < -0.4 is 5.32 Å². The Morgan fingerprint density at radius 1 is 1.22 bits per heavy atom. The van der Waals surface area contributed by atoms with Crippen molar-refractivity contribution in [2.24, 2.45) is 0 Å². The van der Waals surface area contributed by atoms with Crippen LogP contribution in [0.1, 0.15) is 15.9 Å². The zero-order valence-corrected chi connectivity index (χ0v) is 11.9. The van der Waals surface area contributed by atoms with E-state index >= 15 is 0 Å². The summed E-state index contributed by atoms with van der Waals surface area (Å²) in [4.78, 5) is 30.1. The molecular formula is C16H13N3O4. The van der Waals surface area contributed by atoms with Crippen molar-refractivity contribution in [1.82, 2.24) is 9.97 Å². The van der Waals surface area contributed by atoms with E-state index in [1.807, 2.05) is 30.3 Å². The van der Waals surface area contributed by atoms with Gasteiger partial charge in [0.05, 0.1) is 28.6 Å². The van der Waals surface area contributed by atoms with Gasteiger partial charge in [-0.25, -0.2) is 14.6 Å². The number of hydrogen-bond donors (Lipinski definition) is 3. The third kappa shape index (κ3) is 3.29. The lowest BCUT2D eigenvalue weighted by atomic mass is 10.1. The number of hydrogen-bond acceptors (Lipinski definition) is 4. The Labute approximate surface area is 130 Å². The highest BCUT2D eigenvalue weighted by atomic mass is 16.5. The minimum atomic E-state index is -1.15. The lowest BCUT2D eigenvalue weighted by molar-refractivity contribution is 0.0698. The van der Waals surface area contributed by atoms with Crippen molar-refractivity contribution in [1.29, 1.82) is 0 Å². The SMILES string of the molecule is O=C(Nc1cc2nc[nH]c2cc1C(=O)O)OCc1ccccc1. The molecule has 0 aliphatic rings. The molecule has 0 fully saturated rings. The van der Waals surface area contributed by atoms with Crippen LogP contribution in [0.25, 0.3) is 11.0 Å². The van der Waals surface area contributed by atoms with Gasteiger partial charge in [0.1, 0.15) is 6.61 Å². The summed E-state index contributed by atoms with van der Waals surface area (Å²) in [6.45, 7) is 0.0970. The number of ether oxygens (including phenoxy) is 1. The predicted molar refractivity (Wildman–Crippen MR) is 83.3 cm³/mol. The van der Waals surface area contributed by atoms with Crippen molar-refractivity contribution >= 4 is 28.8 Å². The van der Waals surface area contributed by atoms with Crippen LogP contribution >= 0.6 is 0 Å². The number of aromatic nitrogens is 2. The van der Waals surface area contributed by atoms with Crippen molar-refractivity contribution < 1.29 is 19.4 Å². The number of imidazole rings is 1. The molecule has 3 rings (SSSR count). The Bertz CT molecular complexity index is 858. The van der Waals surface area contributed by atoms with Gasteiger partial charge in [0.2, 0.25) is 0 Å². The molecule has 23 heavy (non-hydrogen) atoms. The van der Waals surface area contributed by atoms with Crippen LogP contribution in [0, 0.1) is 0 Å². The fraction of sp³-hybridized carbons (Fsp3) is 0.0625. The smallest absolute Gasteiger partial charge is 0.411 e. The van der Waals surface area contributed by atoms with E-state index in [2.05, 4.69) is 15.3 Å². The van der Waals surface area contributed by atoms with Crippen molar-refractivity contribution in [3.8, 4) is 0 Å². The van der Waals surface area contributed by atoms with E-state index in [9.17, 15) is 14.7 Å². The van der Waals surface area contributed by atoms with Gasteiger partial charge in [0.25, 0.3) is 0 Å². The largest absolute Gasteiger partial charge is 0.478 e. The van der Waals surface area contributed by atoms with Gasteiger partial charge in [-0.05, 0) is 17.7 Å². The molecular weight excluding hydrogens is 298 g/mol. The summed E-state index contributed by atoms with van der Waals surface area (Å²) in [5, 5.41) is 11.7. The Morgan fingerprint density at radius 2 is 2.00 bits per heavy atom. The fourth-order valence-electron chi connectivity index (χ4n) is 2.13. The first-order chi connectivity index (χ1) is 11.1. The molecule has 3 N–H and O–H groups in total. The highest BCUT2D eigenvalue weighted by Crippen LogP contribution is 2.22. The van der Waals surface area contributed by atoms with Crippen LogP contribution in [0.4, 0.5) is 10.5 Å². The van der Waals surface area contributed by atoms with Crippen molar-refractivity contribution in [3.63, 3.8) is 0 Å². The maximum Gasteiger partial charge on any atom is 0.411 e. The maximum atomic E-state index is 11.9. The summed E-state index contributed by atoms with van der Waals surface area (Å²) in [5.74, 6) is -1.15.